The molecule has 5 rings (SSSR count). The Labute approximate surface area is 174 Å². The summed E-state index contributed by atoms with van der Waals surface area (Å²) < 4.78 is 1.22. The summed E-state index contributed by atoms with van der Waals surface area (Å²) in [6.45, 7) is 1.46. The van der Waals surface area contributed by atoms with Gasteiger partial charge in [0, 0.05) is 52.1 Å². The van der Waals surface area contributed by atoms with Gasteiger partial charge in [-0.1, -0.05) is 18.2 Å². The number of carbonyl (C=O) groups is 1. The smallest absolute Gasteiger partial charge is 0.222 e. The van der Waals surface area contributed by atoms with Crippen molar-refractivity contribution in [2.24, 2.45) is 0 Å². The zero-order chi connectivity index (χ0) is 19.8. The number of rotatable bonds is 4. The second-order valence-corrected chi connectivity index (χ2v) is 8.30. The number of aromatic amines is 1. The van der Waals surface area contributed by atoms with Gasteiger partial charge in [0.05, 0.1) is 10.6 Å². The van der Waals surface area contributed by atoms with Crippen LogP contribution in [-0.4, -0.2) is 25.8 Å². The highest BCUT2D eigenvalue weighted by Gasteiger charge is 2.20. The number of H-pyrrole nitrogens is 1. The lowest BCUT2D eigenvalue weighted by molar-refractivity contribution is -0.114. The number of thiophene rings is 1. The van der Waals surface area contributed by atoms with Crippen molar-refractivity contribution in [3.63, 3.8) is 0 Å². The maximum atomic E-state index is 11.4. The molecule has 4 aromatic heterocycles. The number of pyridine rings is 1. The molecule has 5 aromatic rings. The minimum Gasteiger partial charge on any atom is -0.344 e. The molecule has 0 saturated heterocycles. The van der Waals surface area contributed by atoms with E-state index in [2.05, 4.69) is 37.8 Å². The van der Waals surface area contributed by atoms with Crippen LogP contribution in [0.2, 0.25) is 0 Å². The molecular weight excluding hydrogens is 402 g/mol. The predicted molar refractivity (Wildman–Crippen MR) is 118 cm³/mol. The maximum Gasteiger partial charge on any atom is 0.222 e. The lowest BCUT2D eigenvalue weighted by Crippen LogP contribution is -2.07. The van der Waals surface area contributed by atoms with Crippen LogP contribution in [0.3, 0.4) is 0 Å². The van der Waals surface area contributed by atoms with E-state index in [0.717, 1.165) is 32.5 Å². The zero-order valence-corrected chi connectivity index (χ0v) is 17.0. The Morgan fingerprint density at radius 2 is 2.03 bits per heavy atom. The third-order valence-electron chi connectivity index (χ3n) is 4.39. The normalized spacial score (nSPS) is 11.1. The molecule has 0 aliphatic carbocycles. The molecule has 0 unspecified atom stereocenters. The molecule has 0 bridgehead atoms. The molecule has 0 aliphatic heterocycles. The average molecular weight is 418 g/mol. The molecule has 2 N–H and O–H groups in total. The highest BCUT2D eigenvalue weighted by atomic mass is 32.1. The molecule has 6 nitrogen and oxygen atoms in total. The number of amides is 1. The number of hydrogen-bond donors (Lipinski definition) is 2. The number of aromatic nitrogens is 4. The van der Waals surface area contributed by atoms with Gasteiger partial charge in [-0.25, -0.2) is 15.0 Å². The first-order chi connectivity index (χ1) is 14.2. The molecule has 8 heteroatoms. The number of nitrogens with one attached hydrogen (secondary N) is 2. The predicted octanol–water partition coefficient (Wildman–Crippen LogP) is 5.44. The van der Waals surface area contributed by atoms with E-state index >= 15 is 0 Å². The summed E-state index contributed by atoms with van der Waals surface area (Å²) >= 11 is 3.27. The fraction of sp³-hybridized carbons (Fsp3) is 0.0476. The number of imidazole rings is 1. The molecule has 0 radical (unpaired) electrons. The van der Waals surface area contributed by atoms with Crippen LogP contribution in [0.4, 0.5) is 5.82 Å². The van der Waals surface area contributed by atoms with Crippen LogP contribution in [0, 0.1) is 0 Å². The van der Waals surface area contributed by atoms with E-state index in [4.69, 9.17) is 4.98 Å². The minimum atomic E-state index is -0.157. The molecule has 0 atom stereocenters. The SMILES string of the molecule is CC(=O)Nc1cc(-c2nc(-c3csc4ccccc34)c(-c3ncc[nH]3)s2)ccn1. The lowest BCUT2D eigenvalue weighted by Gasteiger charge is -2.02. The average Bonchev–Trinajstić information content (AvgIpc) is 3.46. The summed E-state index contributed by atoms with van der Waals surface area (Å²) in [6.07, 6.45) is 5.23. The Bertz CT molecular complexity index is 1320. The zero-order valence-electron chi connectivity index (χ0n) is 15.3. The highest BCUT2D eigenvalue weighted by Crippen LogP contribution is 2.43. The van der Waals surface area contributed by atoms with Gasteiger partial charge in [0.25, 0.3) is 0 Å². The molecule has 142 valence electrons. The fourth-order valence-corrected chi connectivity index (χ4v) is 5.13. The lowest BCUT2D eigenvalue weighted by atomic mass is 10.1. The summed E-state index contributed by atoms with van der Waals surface area (Å²) in [7, 11) is 0. The van der Waals surface area contributed by atoms with Crippen LogP contribution in [0.5, 0.6) is 0 Å². The molecule has 0 aliphatic rings. The molecule has 4 heterocycles. The largest absolute Gasteiger partial charge is 0.344 e. The standard InChI is InChI=1S/C21H15N5OS2/c1-12(27)25-17-10-13(6-7-22-17)21-26-18(19(29-21)20-23-8-9-24-20)15-11-28-16-5-3-2-4-14(15)16/h2-11H,1H3,(H,23,24)(H,22,25,27). The van der Waals surface area contributed by atoms with Crippen LogP contribution in [0.25, 0.3) is 42.6 Å². The van der Waals surface area contributed by atoms with Crippen LogP contribution in [0.1, 0.15) is 6.92 Å². The molecule has 0 spiro atoms. The summed E-state index contributed by atoms with van der Waals surface area (Å²) in [4.78, 5) is 29.2. The topological polar surface area (TPSA) is 83.6 Å². The van der Waals surface area contributed by atoms with Crippen molar-refractivity contribution in [3.8, 4) is 32.5 Å². The van der Waals surface area contributed by atoms with E-state index < -0.39 is 0 Å². The molecule has 1 aromatic carbocycles. The van der Waals surface area contributed by atoms with E-state index in [0.29, 0.717) is 5.82 Å². The number of carbonyl (C=O) groups excluding carboxylic acids is 1. The Kier molecular flexibility index (Phi) is 4.42. The van der Waals surface area contributed by atoms with E-state index in [1.807, 2.05) is 30.5 Å². The van der Waals surface area contributed by atoms with Gasteiger partial charge in [0.2, 0.25) is 5.91 Å². The van der Waals surface area contributed by atoms with Gasteiger partial charge in [-0.2, -0.15) is 0 Å². The Balaban J connectivity index is 1.68. The first-order valence-electron chi connectivity index (χ1n) is 8.90. The number of benzene rings is 1. The summed E-state index contributed by atoms with van der Waals surface area (Å²) in [6, 6.07) is 12.1. The highest BCUT2D eigenvalue weighted by molar-refractivity contribution is 7.19. The van der Waals surface area contributed by atoms with E-state index in [1.54, 1.807) is 35.1 Å². The second-order valence-electron chi connectivity index (χ2n) is 6.39. The quantitative estimate of drug-likeness (QED) is 0.408. The number of hydrogen-bond acceptors (Lipinski definition) is 6. The number of thiazole rings is 1. The van der Waals surface area contributed by atoms with Gasteiger partial charge >= 0.3 is 0 Å². The third-order valence-corrected chi connectivity index (χ3v) is 6.46. The monoisotopic (exact) mass is 417 g/mol. The van der Waals surface area contributed by atoms with Gasteiger partial charge in [-0.3, -0.25) is 4.79 Å². The Morgan fingerprint density at radius 1 is 1.14 bits per heavy atom. The second kappa shape index (κ2) is 7.23. The first-order valence-corrected chi connectivity index (χ1v) is 10.6. The first kappa shape index (κ1) is 17.7. The van der Waals surface area contributed by atoms with Gasteiger partial charge in [-0.05, 0) is 18.2 Å². The van der Waals surface area contributed by atoms with Crippen molar-refractivity contribution in [1.82, 2.24) is 19.9 Å². The number of anilines is 1. The van der Waals surface area contributed by atoms with Gasteiger partial charge in [-0.15, -0.1) is 22.7 Å². The minimum absolute atomic E-state index is 0.157. The molecule has 29 heavy (non-hydrogen) atoms. The molecule has 0 fully saturated rings. The van der Waals surface area contributed by atoms with Crippen molar-refractivity contribution < 1.29 is 4.79 Å². The summed E-state index contributed by atoms with van der Waals surface area (Å²) in [5.41, 5.74) is 2.89. The molecular formula is C21H15N5OS2. The summed E-state index contributed by atoms with van der Waals surface area (Å²) in [5, 5.41) is 6.89. The maximum absolute atomic E-state index is 11.4. The van der Waals surface area contributed by atoms with Crippen molar-refractivity contribution in [2.45, 2.75) is 6.92 Å². The number of fused-ring (bicyclic) bond motifs is 1. The van der Waals surface area contributed by atoms with E-state index in [-0.39, 0.29) is 5.91 Å². The third kappa shape index (κ3) is 3.32. The van der Waals surface area contributed by atoms with Gasteiger partial charge < -0.3 is 10.3 Å². The van der Waals surface area contributed by atoms with Crippen molar-refractivity contribution in [3.05, 3.63) is 60.4 Å². The molecule has 1 amide bonds. The summed E-state index contributed by atoms with van der Waals surface area (Å²) in [5.74, 6) is 1.14. The Morgan fingerprint density at radius 3 is 2.86 bits per heavy atom. The van der Waals surface area contributed by atoms with Crippen molar-refractivity contribution >= 4 is 44.5 Å². The van der Waals surface area contributed by atoms with Crippen molar-refractivity contribution in [1.29, 1.82) is 0 Å². The van der Waals surface area contributed by atoms with E-state index in [1.165, 1.54) is 17.0 Å². The van der Waals surface area contributed by atoms with Gasteiger partial charge in [0.15, 0.2) is 0 Å². The van der Waals surface area contributed by atoms with Crippen LogP contribution < -0.4 is 5.32 Å². The molecule has 0 saturated carbocycles. The number of nitrogens with zero attached hydrogens (tertiary/aromatic N) is 3. The Hall–Kier alpha value is -3.36. The van der Waals surface area contributed by atoms with Gasteiger partial charge in [0.1, 0.15) is 16.6 Å². The van der Waals surface area contributed by atoms with E-state index in [9.17, 15) is 4.79 Å². The fourth-order valence-electron chi connectivity index (χ4n) is 3.15. The van der Waals surface area contributed by atoms with Crippen molar-refractivity contribution in [2.75, 3.05) is 5.32 Å². The van der Waals surface area contributed by atoms with Crippen LogP contribution >= 0.6 is 22.7 Å². The van der Waals surface area contributed by atoms with Crippen LogP contribution in [0.15, 0.2) is 60.4 Å². The van der Waals surface area contributed by atoms with Crippen LogP contribution in [-0.2, 0) is 4.79 Å².